The SMILES string of the molecule is CCC(Sc1nc2c(cc1C#N)CC(c1ccccc1)CC2)C(=O)Nc1cccc(C)c1C. The van der Waals surface area contributed by atoms with Gasteiger partial charge in [-0.2, -0.15) is 5.26 Å². The van der Waals surface area contributed by atoms with Crippen LogP contribution >= 0.6 is 11.8 Å². The van der Waals surface area contributed by atoms with E-state index >= 15 is 0 Å². The van der Waals surface area contributed by atoms with Crippen molar-refractivity contribution in [2.45, 2.75) is 62.6 Å². The summed E-state index contributed by atoms with van der Waals surface area (Å²) in [5.41, 5.74) is 7.18. The summed E-state index contributed by atoms with van der Waals surface area (Å²) in [4.78, 5) is 17.9. The normalized spacial score (nSPS) is 15.9. The molecule has 33 heavy (non-hydrogen) atoms. The standard InChI is InChI=1S/C28H29N3OS/c1-4-26(27(32)30-24-12-8-9-18(2)19(24)3)33-28-23(17-29)16-22-15-21(13-14-25(22)31-28)20-10-6-5-7-11-20/h5-12,16,21,26H,4,13-15H2,1-3H3,(H,30,32). The maximum absolute atomic E-state index is 13.1. The fraction of sp³-hybridized carbons (Fsp3) is 0.321. The number of nitrogens with zero attached hydrogens (tertiary/aromatic N) is 2. The van der Waals surface area contributed by atoms with E-state index in [1.165, 1.54) is 17.3 Å². The number of thioether (sulfide) groups is 1. The zero-order chi connectivity index (χ0) is 23.4. The van der Waals surface area contributed by atoms with Gasteiger partial charge in [-0.25, -0.2) is 4.98 Å². The number of rotatable bonds is 6. The third-order valence-corrected chi connectivity index (χ3v) is 7.89. The molecule has 2 atom stereocenters. The van der Waals surface area contributed by atoms with Crippen LogP contribution in [-0.4, -0.2) is 16.1 Å². The Kier molecular flexibility index (Phi) is 7.15. The fourth-order valence-corrected chi connectivity index (χ4v) is 5.38. The topological polar surface area (TPSA) is 65.8 Å². The number of hydrogen-bond donors (Lipinski definition) is 1. The number of fused-ring (bicyclic) bond motifs is 1. The van der Waals surface area contributed by atoms with Crippen molar-refractivity contribution in [1.82, 2.24) is 4.98 Å². The number of aromatic nitrogens is 1. The predicted octanol–water partition coefficient (Wildman–Crippen LogP) is 6.35. The minimum Gasteiger partial charge on any atom is -0.325 e. The molecule has 0 saturated heterocycles. The van der Waals surface area contributed by atoms with Crippen molar-refractivity contribution in [2.24, 2.45) is 0 Å². The zero-order valence-corrected chi connectivity index (χ0v) is 20.2. The van der Waals surface area contributed by atoms with Crippen LogP contribution in [0.3, 0.4) is 0 Å². The average molecular weight is 456 g/mol. The fourth-order valence-electron chi connectivity index (χ4n) is 4.38. The number of anilines is 1. The molecule has 0 aliphatic heterocycles. The summed E-state index contributed by atoms with van der Waals surface area (Å²) in [6.07, 6.45) is 3.49. The highest BCUT2D eigenvalue weighted by Crippen LogP contribution is 2.36. The number of aryl methyl sites for hydroxylation is 2. The lowest BCUT2D eigenvalue weighted by atomic mass is 9.82. The molecule has 1 aliphatic rings. The van der Waals surface area contributed by atoms with E-state index in [9.17, 15) is 10.1 Å². The minimum atomic E-state index is -0.316. The Hall–Kier alpha value is -3.10. The molecule has 0 saturated carbocycles. The lowest BCUT2D eigenvalue weighted by Gasteiger charge is -2.25. The molecule has 1 aliphatic carbocycles. The second-order valence-electron chi connectivity index (χ2n) is 8.66. The van der Waals surface area contributed by atoms with Crippen molar-refractivity contribution in [2.75, 3.05) is 5.32 Å². The Morgan fingerprint density at radius 1 is 1.21 bits per heavy atom. The van der Waals surface area contributed by atoms with E-state index in [-0.39, 0.29) is 11.2 Å². The zero-order valence-electron chi connectivity index (χ0n) is 19.4. The van der Waals surface area contributed by atoms with Crippen LogP contribution in [0.4, 0.5) is 5.69 Å². The lowest BCUT2D eigenvalue weighted by Crippen LogP contribution is -2.25. The largest absolute Gasteiger partial charge is 0.325 e. The number of nitrogens with one attached hydrogen (secondary N) is 1. The Morgan fingerprint density at radius 3 is 2.73 bits per heavy atom. The van der Waals surface area contributed by atoms with Crippen molar-refractivity contribution in [3.63, 3.8) is 0 Å². The van der Waals surface area contributed by atoms with Gasteiger partial charge in [-0.3, -0.25) is 4.79 Å². The van der Waals surface area contributed by atoms with Gasteiger partial charge in [0.25, 0.3) is 0 Å². The summed E-state index contributed by atoms with van der Waals surface area (Å²) in [7, 11) is 0. The molecule has 2 unspecified atom stereocenters. The molecule has 0 spiro atoms. The second kappa shape index (κ2) is 10.2. The first kappa shape index (κ1) is 23.1. The highest BCUT2D eigenvalue weighted by molar-refractivity contribution is 8.00. The van der Waals surface area contributed by atoms with Gasteiger partial charge in [0, 0.05) is 11.4 Å². The van der Waals surface area contributed by atoms with Crippen LogP contribution in [-0.2, 0) is 17.6 Å². The Bertz CT molecular complexity index is 1200. The van der Waals surface area contributed by atoms with Crippen LogP contribution in [0, 0.1) is 25.2 Å². The molecule has 1 aromatic heterocycles. The Labute approximate surface area is 200 Å². The minimum absolute atomic E-state index is 0.0521. The van der Waals surface area contributed by atoms with Gasteiger partial charge < -0.3 is 5.32 Å². The number of carbonyl (C=O) groups is 1. The van der Waals surface area contributed by atoms with E-state index < -0.39 is 0 Å². The lowest BCUT2D eigenvalue weighted by molar-refractivity contribution is -0.115. The number of nitriles is 1. The van der Waals surface area contributed by atoms with E-state index in [0.29, 0.717) is 22.9 Å². The van der Waals surface area contributed by atoms with Crippen LogP contribution in [0.2, 0.25) is 0 Å². The van der Waals surface area contributed by atoms with E-state index in [1.807, 2.05) is 51.1 Å². The summed E-state index contributed by atoms with van der Waals surface area (Å²) in [5, 5.41) is 13.2. The van der Waals surface area contributed by atoms with Gasteiger partial charge in [0.15, 0.2) is 0 Å². The Balaban J connectivity index is 1.53. The Morgan fingerprint density at radius 2 is 2.00 bits per heavy atom. The maximum Gasteiger partial charge on any atom is 0.237 e. The maximum atomic E-state index is 13.1. The molecular formula is C28H29N3OS. The monoisotopic (exact) mass is 455 g/mol. The van der Waals surface area contributed by atoms with Crippen LogP contribution in [0.5, 0.6) is 0 Å². The second-order valence-corrected chi connectivity index (χ2v) is 9.85. The molecule has 0 fully saturated rings. The molecule has 4 rings (SSSR count). The number of hydrogen-bond acceptors (Lipinski definition) is 4. The molecule has 0 radical (unpaired) electrons. The van der Waals surface area contributed by atoms with Crippen molar-refractivity contribution in [3.05, 3.63) is 88.1 Å². The van der Waals surface area contributed by atoms with Gasteiger partial charge in [0.1, 0.15) is 11.1 Å². The molecule has 2 aromatic carbocycles. The molecule has 3 aromatic rings. The van der Waals surface area contributed by atoms with Gasteiger partial charge in [0.05, 0.1) is 10.8 Å². The quantitative estimate of drug-likeness (QED) is 0.440. The highest BCUT2D eigenvalue weighted by atomic mass is 32.2. The predicted molar refractivity (Wildman–Crippen MR) is 135 cm³/mol. The first-order chi connectivity index (χ1) is 16.0. The van der Waals surface area contributed by atoms with Crippen molar-refractivity contribution < 1.29 is 4.79 Å². The van der Waals surface area contributed by atoms with Crippen molar-refractivity contribution in [1.29, 1.82) is 5.26 Å². The van der Waals surface area contributed by atoms with Gasteiger partial charge in [-0.1, -0.05) is 61.2 Å². The molecule has 5 heteroatoms. The van der Waals surface area contributed by atoms with Crippen LogP contribution in [0.25, 0.3) is 0 Å². The van der Waals surface area contributed by atoms with E-state index in [0.717, 1.165) is 47.3 Å². The third kappa shape index (κ3) is 5.12. The van der Waals surface area contributed by atoms with E-state index in [2.05, 4.69) is 35.7 Å². The van der Waals surface area contributed by atoms with Gasteiger partial charge in [-0.15, -0.1) is 0 Å². The smallest absolute Gasteiger partial charge is 0.237 e. The third-order valence-electron chi connectivity index (χ3n) is 6.52. The summed E-state index contributed by atoms with van der Waals surface area (Å²) in [6.45, 7) is 6.05. The van der Waals surface area contributed by atoms with Gasteiger partial charge in [-0.05, 0) is 79.8 Å². The number of carbonyl (C=O) groups excluding carboxylic acids is 1. The van der Waals surface area contributed by atoms with Gasteiger partial charge >= 0.3 is 0 Å². The summed E-state index contributed by atoms with van der Waals surface area (Å²) in [5.74, 6) is 0.404. The van der Waals surface area contributed by atoms with E-state index in [1.54, 1.807) is 0 Å². The van der Waals surface area contributed by atoms with Crippen LogP contribution in [0.15, 0.2) is 59.6 Å². The molecule has 0 bridgehead atoms. The van der Waals surface area contributed by atoms with E-state index in [4.69, 9.17) is 4.98 Å². The average Bonchev–Trinajstić information content (AvgIpc) is 2.84. The molecule has 1 amide bonds. The highest BCUT2D eigenvalue weighted by Gasteiger charge is 2.26. The summed E-state index contributed by atoms with van der Waals surface area (Å²) in [6, 6.07) is 20.8. The molecule has 1 heterocycles. The van der Waals surface area contributed by atoms with Crippen molar-refractivity contribution >= 4 is 23.4 Å². The van der Waals surface area contributed by atoms with Crippen LogP contribution < -0.4 is 5.32 Å². The first-order valence-electron chi connectivity index (χ1n) is 11.5. The molecule has 4 nitrogen and oxygen atoms in total. The summed E-state index contributed by atoms with van der Waals surface area (Å²) >= 11 is 1.40. The first-order valence-corrected chi connectivity index (χ1v) is 12.4. The number of pyridine rings is 1. The molecule has 1 N–H and O–H groups in total. The van der Waals surface area contributed by atoms with Crippen LogP contribution in [0.1, 0.15) is 59.2 Å². The number of benzene rings is 2. The molecule has 168 valence electrons. The summed E-state index contributed by atoms with van der Waals surface area (Å²) < 4.78 is 0. The van der Waals surface area contributed by atoms with Crippen molar-refractivity contribution in [3.8, 4) is 6.07 Å². The molecular weight excluding hydrogens is 426 g/mol. The van der Waals surface area contributed by atoms with Gasteiger partial charge in [0.2, 0.25) is 5.91 Å². The number of amides is 1.